The summed E-state index contributed by atoms with van der Waals surface area (Å²) in [5.74, 6) is -1.63. The van der Waals surface area contributed by atoms with Crippen molar-refractivity contribution >= 4 is 39.2 Å². The van der Waals surface area contributed by atoms with Crippen LogP contribution < -0.4 is 15.4 Å². The normalized spacial score (nSPS) is 17.1. The number of rotatable bonds is 4. The van der Waals surface area contributed by atoms with E-state index >= 15 is 0 Å². The second kappa shape index (κ2) is 8.03. The molecule has 1 saturated carbocycles. The number of para-hydroxylation sites is 2. The number of nitrogens with one attached hydrogen (secondary N) is 1. The molecule has 32 heavy (non-hydrogen) atoms. The molecule has 1 heterocycles. The van der Waals surface area contributed by atoms with Crippen LogP contribution in [0.4, 0.5) is 11.4 Å². The fourth-order valence-electron chi connectivity index (χ4n) is 4.44. The second-order valence-corrected chi connectivity index (χ2v) is 9.57. The Kier molecular flexibility index (Phi) is 5.51. The molecule has 0 radical (unpaired) electrons. The summed E-state index contributed by atoms with van der Waals surface area (Å²) in [6.07, 6.45) is 2.64. The number of nitrogens with zero attached hydrogens (tertiary/aromatic N) is 1. The third kappa shape index (κ3) is 3.76. The molecular weight excluding hydrogens is 434 g/mol. The lowest BCUT2D eigenvalue weighted by Gasteiger charge is -2.44. The van der Waals surface area contributed by atoms with Crippen molar-refractivity contribution in [3.8, 4) is 0 Å². The molecule has 168 valence electrons. The number of carbonyl (C=O) groups is 3. The first-order chi connectivity index (χ1) is 15.1. The van der Waals surface area contributed by atoms with Crippen molar-refractivity contribution in [2.45, 2.75) is 43.0 Å². The van der Waals surface area contributed by atoms with Crippen molar-refractivity contribution in [3.63, 3.8) is 0 Å². The van der Waals surface area contributed by atoms with Gasteiger partial charge in [-0.25, -0.2) is 18.4 Å². The van der Waals surface area contributed by atoms with Crippen LogP contribution in [0.3, 0.4) is 0 Å². The molecule has 2 aromatic rings. The Labute approximate surface area is 185 Å². The van der Waals surface area contributed by atoms with Gasteiger partial charge in [-0.15, -0.1) is 0 Å². The van der Waals surface area contributed by atoms with E-state index in [1.54, 1.807) is 31.2 Å². The van der Waals surface area contributed by atoms with Crippen LogP contribution in [0.15, 0.2) is 47.4 Å². The van der Waals surface area contributed by atoms with Gasteiger partial charge in [-0.05, 0) is 49.6 Å². The number of hydrogen-bond acceptors (Lipinski definition) is 6. The quantitative estimate of drug-likeness (QED) is 0.675. The highest BCUT2D eigenvalue weighted by Gasteiger charge is 2.52. The molecule has 1 spiro atoms. The molecule has 4 rings (SSSR count). The smallest absolute Gasteiger partial charge is 0.338 e. The molecule has 2 aromatic carbocycles. The Balaban J connectivity index is 1.58. The minimum Gasteiger partial charge on any atom is -0.452 e. The third-order valence-corrected chi connectivity index (χ3v) is 7.03. The molecule has 1 aliphatic heterocycles. The van der Waals surface area contributed by atoms with Crippen molar-refractivity contribution in [2.75, 3.05) is 16.8 Å². The van der Waals surface area contributed by atoms with Gasteiger partial charge in [-0.3, -0.25) is 14.5 Å². The van der Waals surface area contributed by atoms with Gasteiger partial charge >= 0.3 is 5.97 Å². The first kappa shape index (κ1) is 22.0. The van der Waals surface area contributed by atoms with Gasteiger partial charge in [0.25, 0.3) is 11.8 Å². The lowest BCUT2D eigenvalue weighted by molar-refractivity contribution is -0.129. The highest BCUT2D eigenvalue weighted by Crippen LogP contribution is 2.45. The van der Waals surface area contributed by atoms with Gasteiger partial charge in [0, 0.05) is 0 Å². The zero-order chi connectivity index (χ0) is 23.1. The fourth-order valence-corrected chi connectivity index (χ4v) is 5.25. The molecular formula is C22H23N3O6S. The summed E-state index contributed by atoms with van der Waals surface area (Å²) in [5, 5.41) is 8.08. The van der Waals surface area contributed by atoms with Crippen molar-refractivity contribution in [2.24, 2.45) is 5.14 Å². The summed E-state index contributed by atoms with van der Waals surface area (Å²) < 4.78 is 28.6. The summed E-state index contributed by atoms with van der Waals surface area (Å²) in [6, 6.07) is 11.0. The average molecular weight is 458 g/mol. The molecule has 10 heteroatoms. The monoisotopic (exact) mass is 457 g/mol. The number of nitrogens with two attached hydrogens (primary N) is 1. The maximum Gasteiger partial charge on any atom is 0.338 e. The van der Waals surface area contributed by atoms with E-state index in [9.17, 15) is 22.8 Å². The highest BCUT2D eigenvalue weighted by molar-refractivity contribution is 7.89. The molecule has 9 nitrogen and oxygen atoms in total. The van der Waals surface area contributed by atoms with Crippen LogP contribution in [0, 0.1) is 6.92 Å². The van der Waals surface area contributed by atoms with Crippen LogP contribution in [0.2, 0.25) is 0 Å². The maximum absolute atomic E-state index is 13.2. The SMILES string of the molecule is Cc1ccc(C(=O)OCC(=O)N2c3ccccc3NC(=O)C23CCCC3)cc1S(N)(=O)=O. The van der Waals surface area contributed by atoms with E-state index in [0.29, 0.717) is 29.8 Å². The molecule has 0 bridgehead atoms. The Bertz CT molecular complexity index is 1220. The van der Waals surface area contributed by atoms with Gasteiger partial charge in [0.15, 0.2) is 6.61 Å². The summed E-state index contributed by atoms with van der Waals surface area (Å²) in [5.41, 5.74) is 0.412. The van der Waals surface area contributed by atoms with Crippen LogP contribution in [0.25, 0.3) is 0 Å². The third-order valence-electron chi connectivity index (χ3n) is 5.98. The van der Waals surface area contributed by atoms with Crippen molar-refractivity contribution in [1.82, 2.24) is 0 Å². The number of hydrogen-bond donors (Lipinski definition) is 2. The van der Waals surface area contributed by atoms with Crippen molar-refractivity contribution in [1.29, 1.82) is 0 Å². The molecule has 2 aliphatic rings. The lowest BCUT2D eigenvalue weighted by Crippen LogP contribution is -2.61. The molecule has 1 fully saturated rings. The van der Waals surface area contributed by atoms with E-state index in [1.807, 2.05) is 0 Å². The molecule has 2 amide bonds. The van der Waals surface area contributed by atoms with Gasteiger partial charge in [-0.1, -0.05) is 31.0 Å². The molecule has 1 aliphatic carbocycles. The van der Waals surface area contributed by atoms with Gasteiger partial charge in [0.05, 0.1) is 21.8 Å². The Morgan fingerprint density at radius 1 is 1.16 bits per heavy atom. The second-order valence-electron chi connectivity index (χ2n) is 8.04. The first-order valence-electron chi connectivity index (χ1n) is 10.2. The molecule has 3 N–H and O–H groups in total. The molecule has 0 atom stereocenters. The Hall–Kier alpha value is -3.24. The lowest BCUT2D eigenvalue weighted by atomic mass is 9.90. The summed E-state index contributed by atoms with van der Waals surface area (Å²) in [6.45, 7) is 0.957. The van der Waals surface area contributed by atoms with Gasteiger partial charge in [0.1, 0.15) is 5.54 Å². The summed E-state index contributed by atoms with van der Waals surface area (Å²) in [4.78, 5) is 40.0. The zero-order valence-corrected chi connectivity index (χ0v) is 18.3. The van der Waals surface area contributed by atoms with Crippen molar-refractivity contribution in [3.05, 3.63) is 53.6 Å². The molecule has 0 unspecified atom stereocenters. The Morgan fingerprint density at radius 3 is 2.53 bits per heavy atom. The van der Waals surface area contributed by atoms with Crippen LogP contribution >= 0.6 is 0 Å². The predicted octanol–water partition coefficient (Wildman–Crippen LogP) is 2.10. The van der Waals surface area contributed by atoms with Crippen LogP contribution in [0.5, 0.6) is 0 Å². The van der Waals surface area contributed by atoms with Crippen LogP contribution in [0.1, 0.15) is 41.6 Å². The topological polar surface area (TPSA) is 136 Å². The number of amides is 2. The summed E-state index contributed by atoms with van der Waals surface area (Å²) >= 11 is 0. The standard InChI is InChI=1S/C22H23N3O6S/c1-14-8-9-15(12-18(14)32(23,29)30)20(27)31-13-19(26)25-17-7-3-2-6-16(17)24-21(28)22(25)10-4-5-11-22/h2-3,6-9,12H,4-5,10-11,13H2,1H3,(H,24,28)(H2,23,29,30). The van der Waals surface area contributed by atoms with Crippen molar-refractivity contribution < 1.29 is 27.5 Å². The number of sulfonamides is 1. The van der Waals surface area contributed by atoms with E-state index in [2.05, 4.69) is 5.32 Å². The van der Waals surface area contributed by atoms with E-state index in [1.165, 1.54) is 17.0 Å². The number of fused-ring (bicyclic) bond motifs is 1. The highest BCUT2D eigenvalue weighted by atomic mass is 32.2. The fraction of sp³-hybridized carbons (Fsp3) is 0.318. The van der Waals surface area contributed by atoms with E-state index < -0.39 is 34.0 Å². The van der Waals surface area contributed by atoms with E-state index in [4.69, 9.17) is 9.88 Å². The average Bonchev–Trinajstić information content (AvgIpc) is 3.22. The minimum absolute atomic E-state index is 0.0419. The van der Waals surface area contributed by atoms with Crippen LogP contribution in [-0.4, -0.2) is 38.3 Å². The predicted molar refractivity (Wildman–Crippen MR) is 117 cm³/mol. The largest absolute Gasteiger partial charge is 0.452 e. The van der Waals surface area contributed by atoms with Gasteiger partial charge in [0.2, 0.25) is 10.0 Å². The molecule has 0 aromatic heterocycles. The Morgan fingerprint density at radius 2 is 1.84 bits per heavy atom. The van der Waals surface area contributed by atoms with E-state index in [-0.39, 0.29) is 16.4 Å². The molecule has 0 saturated heterocycles. The summed E-state index contributed by atoms with van der Waals surface area (Å²) in [7, 11) is -4.02. The number of esters is 1. The number of benzene rings is 2. The number of ether oxygens (including phenoxy) is 1. The van der Waals surface area contributed by atoms with Gasteiger partial charge in [-0.2, -0.15) is 0 Å². The van der Waals surface area contributed by atoms with Gasteiger partial charge < -0.3 is 10.1 Å². The van der Waals surface area contributed by atoms with E-state index in [0.717, 1.165) is 18.9 Å². The number of primary sulfonamides is 1. The number of anilines is 2. The number of carbonyl (C=O) groups excluding carboxylic acids is 3. The number of aryl methyl sites for hydroxylation is 1. The van der Waals surface area contributed by atoms with Crippen LogP contribution in [-0.2, 0) is 24.3 Å². The zero-order valence-electron chi connectivity index (χ0n) is 17.5. The first-order valence-corrected chi connectivity index (χ1v) is 11.7. The minimum atomic E-state index is -4.02. The maximum atomic E-state index is 13.2.